The number of nitrogens with one attached hydrogen (secondary N) is 2. The van der Waals surface area contributed by atoms with Gasteiger partial charge in [-0.2, -0.15) is 0 Å². The van der Waals surface area contributed by atoms with Crippen molar-refractivity contribution < 1.29 is 18.8 Å². The zero-order valence-corrected chi connectivity index (χ0v) is 15.7. The molecule has 0 spiro atoms. The van der Waals surface area contributed by atoms with Gasteiger partial charge in [0.15, 0.2) is 0 Å². The lowest BCUT2D eigenvalue weighted by molar-refractivity contribution is 0.199. The molecule has 2 atom stereocenters. The van der Waals surface area contributed by atoms with E-state index in [1.165, 1.54) is 7.11 Å². The summed E-state index contributed by atoms with van der Waals surface area (Å²) >= 11 is 0. The second kappa shape index (κ2) is 7.87. The molecule has 9 heteroatoms. The van der Waals surface area contributed by atoms with Crippen LogP contribution in [0.15, 0.2) is 53.7 Å². The SMILES string of the molecule is COc1nccc2c(Oc3ccc(S(=N)(=O)NCC(C)O)cc3)ccnc12. The highest BCUT2D eigenvalue weighted by atomic mass is 32.2. The smallest absolute Gasteiger partial charge is 0.240 e. The van der Waals surface area contributed by atoms with E-state index in [1.54, 1.807) is 55.7 Å². The second-order valence-electron chi connectivity index (χ2n) is 5.85. The van der Waals surface area contributed by atoms with E-state index in [2.05, 4.69) is 14.7 Å². The lowest BCUT2D eigenvalue weighted by Crippen LogP contribution is -2.29. The van der Waals surface area contributed by atoms with Crippen molar-refractivity contribution in [1.82, 2.24) is 14.7 Å². The minimum Gasteiger partial charge on any atom is -0.479 e. The Morgan fingerprint density at radius 2 is 1.89 bits per heavy atom. The Kier molecular flexibility index (Phi) is 5.54. The van der Waals surface area contributed by atoms with Crippen LogP contribution < -0.4 is 14.2 Å². The summed E-state index contributed by atoms with van der Waals surface area (Å²) in [4.78, 5) is 8.71. The van der Waals surface area contributed by atoms with Gasteiger partial charge in [0.2, 0.25) is 5.88 Å². The third-order valence-electron chi connectivity index (χ3n) is 3.74. The fourth-order valence-electron chi connectivity index (χ4n) is 2.41. The van der Waals surface area contributed by atoms with Crippen LogP contribution in [0.5, 0.6) is 17.4 Å². The summed E-state index contributed by atoms with van der Waals surface area (Å²) in [5, 5.41) is 10.0. The van der Waals surface area contributed by atoms with Crippen molar-refractivity contribution in [2.75, 3.05) is 13.7 Å². The Bertz CT molecular complexity index is 1040. The quantitative estimate of drug-likeness (QED) is 0.573. The van der Waals surface area contributed by atoms with Crippen LogP contribution in [0, 0.1) is 4.78 Å². The maximum Gasteiger partial charge on any atom is 0.240 e. The number of aliphatic hydroxyl groups is 1. The fourth-order valence-corrected chi connectivity index (χ4v) is 3.58. The summed E-state index contributed by atoms with van der Waals surface area (Å²) in [5.74, 6) is 1.51. The van der Waals surface area contributed by atoms with Crippen molar-refractivity contribution >= 4 is 20.8 Å². The first-order valence-corrected chi connectivity index (χ1v) is 9.73. The molecule has 2 aromatic heterocycles. The van der Waals surface area contributed by atoms with Crippen molar-refractivity contribution in [3.05, 3.63) is 48.8 Å². The molecule has 0 aliphatic carbocycles. The van der Waals surface area contributed by atoms with Crippen LogP contribution in [0.1, 0.15) is 6.92 Å². The molecule has 0 bridgehead atoms. The number of nitrogens with zero attached hydrogens (tertiary/aromatic N) is 2. The number of ether oxygens (including phenoxy) is 2. The Labute approximate surface area is 157 Å². The van der Waals surface area contributed by atoms with Crippen molar-refractivity contribution in [1.29, 1.82) is 4.78 Å². The maximum absolute atomic E-state index is 12.4. The first-order chi connectivity index (χ1) is 12.9. The van der Waals surface area contributed by atoms with Crippen LogP contribution >= 0.6 is 0 Å². The van der Waals surface area contributed by atoms with Crippen molar-refractivity contribution in [3.63, 3.8) is 0 Å². The van der Waals surface area contributed by atoms with E-state index in [4.69, 9.17) is 14.3 Å². The highest BCUT2D eigenvalue weighted by molar-refractivity contribution is 7.90. The molecule has 0 aliphatic rings. The molecule has 0 fully saturated rings. The first-order valence-electron chi connectivity index (χ1n) is 8.18. The maximum atomic E-state index is 12.4. The van der Waals surface area contributed by atoms with Gasteiger partial charge in [-0.05, 0) is 43.3 Å². The zero-order chi connectivity index (χ0) is 19.4. The van der Waals surface area contributed by atoms with Crippen LogP contribution in [0.4, 0.5) is 0 Å². The molecule has 142 valence electrons. The Hall–Kier alpha value is -2.75. The van der Waals surface area contributed by atoms with Crippen molar-refractivity contribution in [2.45, 2.75) is 17.9 Å². The van der Waals surface area contributed by atoms with Gasteiger partial charge in [0.1, 0.15) is 26.9 Å². The van der Waals surface area contributed by atoms with Crippen molar-refractivity contribution in [3.8, 4) is 17.4 Å². The van der Waals surface area contributed by atoms with E-state index >= 15 is 0 Å². The molecule has 3 N–H and O–H groups in total. The molecule has 0 amide bonds. The molecule has 27 heavy (non-hydrogen) atoms. The van der Waals surface area contributed by atoms with E-state index in [1.807, 2.05) is 0 Å². The predicted molar refractivity (Wildman–Crippen MR) is 101 cm³/mol. The molecule has 0 aliphatic heterocycles. The van der Waals surface area contributed by atoms with E-state index in [9.17, 15) is 9.32 Å². The number of hydrogen-bond acceptors (Lipinski definition) is 7. The van der Waals surface area contributed by atoms with Gasteiger partial charge in [-0.1, -0.05) is 0 Å². The van der Waals surface area contributed by atoms with Crippen molar-refractivity contribution in [2.24, 2.45) is 0 Å². The average Bonchev–Trinajstić information content (AvgIpc) is 2.67. The summed E-state index contributed by atoms with van der Waals surface area (Å²) < 4.78 is 34.0. The second-order valence-corrected chi connectivity index (χ2v) is 7.73. The minimum atomic E-state index is -3.19. The number of aliphatic hydroxyl groups excluding tert-OH is 1. The summed E-state index contributed by atoms with van der Waals surface area (Å²) in [6.45, 7) is 1.63. The number of methoxy groups -OCH3 is 1. The van der Waals surface area contributed by atoms with Gasteiger partial charge in [-0.25, -0.2) is 18.7 Å². The van der Waals surface area contributed by atoms with Gasteiger partial charge >= 0.3 is 0 Å². The summed E-state index contributed by atoms with van der Waals surface area (Å²) in [6.07, 6.45) is 2.53. The lowest BCUT2D eigenvalue weighted by Gasteiger charge is -2.13. The molecule has 3 aromatic rings. The van der Waals surface area contributed by atoms with Crippen LogP contribution in [0.25, 0.3) is 10.9 Å². The number of pyridine rings is 2. The molecule has 2 unspecified atom stereocenters. The third kappa shape index (κ3) is 4.33. The lowest BCUT2D eigenvalue weighted by atomic mass is 10.2. The number of rotatable bonds is 7. The van der Waals surface area contributed by atoms with Gasteiger partial charge in [-0.15, -0.1) is 0 Å². The molecular formula is C18H20N4O4S. The van der Waals surface area contributed by atoms with Crippen LogP contribution in [-0.4, -0.2) is 39.0 Å². The van der Waals surface area contributed by atoms with Gasteiger partial charge in [0.25, 0.3) is 0 Å². The average molecular weight is 388 g/mol. The highest BCUT2D eigenvalue weighted by Crippen LogP contribution is 2.32. The standard InChI is InChI=1S/C18H20N4O4S/c1-12(23)11-22-27(19,24)14-5-3-13(4-6-14)26-16-8-10-20-17-15(16)7-9-21-18(17)25-2/h3-10,12,23H,11H2,1-2H3,(H2,19,22,24). The van der Waals surface area contributed by atoms with E-state index < -0.39 is 16.0 Å². The number of aromatic nitrogens is 2. The third-order valence-corrected chi connectivity index (χ3v) is 5.25. The number of benzene rings is 1. The summed E-state index contributed by atoms with van der Waals surface area (Å²) in [7, 11) is -1.66. The minimum absolute atomic E-state index is 0.0689. The predicted octanol–water partition coefficient (Wildman–Crippen LogP) is 2.72. The van der Waals surface area contributed by atoms with Crippen LogP contribution in [0.3, 0.4) is 0 Å². The van der Waals surface area contributed by atoms with Gasteiger partial charge in [0.05, 0.1) is 23.5 Å². The molecule has 8 nitrogen and oxygen atoms in total. The highest BCUT2D eigenvalue weighted by Gasteiger charge is 2.12. The fraction of sp³-hybridized carbons (Fsp3) is 0.222. The monoisotopic (exact) mass is 388 g/mol. The number of hydrogen-bond donors (Lipinski definition) is 3. The zero-order valence-electron chi connectivity index (χ0n) is 14.9. The van der Waals surface area contributed by atoms with E-state index in [0.29, 0.717) is 27.8 Å². The Balaban J connectivity index is 1.84. The molecule has 0 saturated carbocycles. The molecule has 0 saturated heterocycles. The van der Waals surface area contributed by atoms with Gasteiger partial charge in [-0.3, -0.25) is 4.98 Å². The molecule has 3 rings (SSSR count). The van der Waals surface area contributed by atoms with E-state index in [0.717, 1.165) is 5.39 Å². The molecule has 1 aromatic carbocycles. The largest absolute Gasteiger partial charge is 0.479 e. The molecular weight excluding hydrogens is 368 g/mol. The topological polar surface area (TPSA) is 117 Å². The summed E-state index contributed by atoms with van der Waals surface area (Å²) in [5.41, 5.74) is 0.589. The normalized spacial score (nSPS) is 14.5. The molecule has 2 heterocycles. The molecule has 0 radical (unpaired) electrons. The van der Waals surface area contributed by atoms with Crippen LogP contribution in [0.2, 0.25) is 0 Å². The Morgan fingerprint density at radius 1 is 1.19 bits per heavy atom. The van der Waals surface area contributed by atoms with Gasteiger partial charge in [0, 0.05) is 18.9 Å². The summed E-state index contributed by atoms with van der Waals surface area (Å²) in [6, 6.07) is 9.91. The van der Waals surface area contributed by atoms with Gasteiger partial charge < -0.3 is 14.6 Å². The Morgan fingerprint density at radius 3 is 2.56 bits per heavy atom. The number of fused-ring (bicyclic) bond motifs is 1. The van der Waals surface area contributed by atoms with E-state index in [-0.39, 0.29) is 6.54 Å². The first kappa shape index (κ1) is 19.0. The van der Waals surface area contributed by atoms with Crippen LogP contribution in [-0.2, 0) is 9.92 Å².